The van der Waals surface area contributed by atoms with Crippen LogP contribution in [-0.4, -0.2) is 19.2 Å². The molecule has 0 atom stereocenters. The maximum absolute atomic E-state index is 12.5. The number of carbonyl (C=O) groups is 1. The van der Waals surface area contributed by atoms with Gasteiger partial charge in [-0.25, -0.2) is 5.43 Å². The van der Waals surface area contributed by atoms with Gasteiger partial charge < -0.3 is 9.47 Å². The largest absolute Gasteiger partial charge is 0.493 e. The molecule has 1 N–H and O–H groups in total. The summed E-state index contributed by atoms with van der Waals surface area (Å²) in [6.45, 7) is 0.308. The highest BCUT2D eigenvalue weighted by Crippen LogP contribution is 2.36. The van der Waals surface area contributed by atoms with Crippen LogP contribution < -0.4 is 14.9 Å². The van der Waals surface area contributed by atoms with Crippen molar-refractivity contribution in [2.45, 2.75) is 6.61 Å². The van der Waals surface area contributed by atoms with Crippen molar-refractivity contribution >= 4 is 46.1 Å². The van der Waals surface area contributed by atoms with E-state index in [1.54, 1.807) is 30.3 Å². The molecule has 0 aliphatic rings. The van der Waals surface area contributed by atoms with Gasteiger partial charge in [-0.05, 0) is 58.3 Å². The Hall–Kier alpha value is -3.54. The van der Waals surface area contributed by atoms with E-state index >= 15 is 0 Å². The summed E-state index contributed by atoms with van der Waals surface area (Å²) in [6.07, 6.45) is 1.50. The maximum atomic E-state index is 12.5. The first-order valence-electron chi connectivity index (χ1n) is 10.1. The average molecular weight is 479 g/mol. The van der Waals surface area contributed by atoms with Gasteiger partial charge in [0.1, 0.15) is 6.61 Å². The van der Waals surface area contributed by atoms with Crippen molar-refractivity contribution in [3.05, 3.63) is 106 Å². The second kappa shape index (κ2) is 10.4. The number of hydrogen-bond acceptors (Lipinski definition) is 4. The summed E-state index contributed by atoms with van der Waals surface area (Å²) < 4.78 is 11.3. The molecule has 7 heteroatoms. The summed E-state index contributed by atoms with van der Waals surface area (Å²) >= 11 is 12.3. The zero-order chi connectivity index (χ0) is 23.2. The highest BCUT2D eigenvalue weighted by atomic mass is 35.5. The SMILES string of the molecule is COc1cc(/C=N\NC(=O)c2ccc3ccccc3c2)cc(Cl)c1OCc1ccc(Cl)cc1. The normalized spacial score (nSPS) is 11.0. The molecule has 0 saturated carbocycles. The fourth-order valence-electron chi connectivity index (χ4n) is 3.25. The van der Waals surface area contributed by atoms with E-state index in [4.69, 9.17) is 32.7 Å². The molecule has 1 amide bonds. The molecule has 0 unspecified atom stereocenters. The zero-order valence-electron chi connectivity index (χ0n) is 17.7. The first-order valence-corrected chi connectivity index (χ1v) is 10.9. The standard InChI is InChI=1S/C26H20Cl2N2O3/c1-32-24-13-18(12-23(28)25(24)33-16-17-6-10-22(27)11-7-17)15-29-30-26(31)21-9-8-19-4-2-3-5-20(19)14-21/h2-15H,16H2,1H3,(H,30,31)/b29-15-. The lowest BCUT2D eigenvalue weighted by Gasteiger charge is -2.13. The van der Waals surface area contributed by atoms with Crippen LogP contribution >= 0.6 is 23.2 Å². The lowest BCUT2D eigenvalue weighted by Crippen LogP contribution is -2.17. The number of ether oxygens (including phenoxy) is 2. The molecule has 0 aromatic heterocycles. The molecule has 0 aliphatic heterocycles. The van der Waals surface area contributed by atoms with Gasteiger partial charge in [0.05, 0.1) is 18.3 Å². The first kappa shape index (κ1) is 22.6. The quantitative estimate of drug-likeness (QED) is 0.243. The number of hydrogen-bond donors (Lipinski definition) is 1. The van der Waals surface area contributed by atoms with E-state index in [9.17, 15) is 4.79 Å². The van der Waals surface area contributed by atoms with Gasteiger partial charge in [0, 0.05) is 10.6 Å². The second-order valence-electron chi connectivity index (χ2n) is 7.21. The highest BCUT2D eigenvalue weighted by molar-refractivity contribution is 6.32. The van der Waals surface area contributed by atoms with Crippen molar-refractivity contribution in [2.24, 2.45) is 5.10 Å². The van der Waals surface area contributed by atoms with Crippen molar-refractivity contribution in [1.29, 1.82) is 0 Å². The summed E-state index contributed by atoms with van der Waals surface area (Å²) in [6, 6.07) is 24.1. The summed E-state index contributed by atoms with van der Waals surface area (Å²) in [4.78, 5) is 12.5. The number of halogens is 2. The Morgan fingerprint density at radius 3 is 2.48 bits per heavy atom. The Kier molecular flexibility index (Phi) is 7.13. The summed E-state index contributed by atoms with van der Waals surface area (Å²) in [7, 11) is 1.53. The van der Waals surface area contributed by atoms with Crippen LogP contribution in [0.3, 0.4) is 0 Å². The number of hydrazone groups is 1. The molecule has 0 aliphatic carbocycles. The third-order valence-corrected chi connectivity index (χ3v) is 5.47. The summed E-state index contributed by atoms with van der Waals surface area (Å²) in [5.41, 5.74) is 4.65. The fourth-order valence-corrected chi connectivity index (χ4v) is 3.65. The lowest BCUT2D eigenvalue weighted by molar-refractivity contribution is 0.0955. The molecule has 0 bridgehead atoms. The number of carbonyl (C=O) groups excluding carboxylic acids is 1. The van der Waals surface area contributed by atoms with Crippen LogP contribution in [0.5, 0.6) is 11.5 Å². The number of amides is 1. The van der Waals surface area contributed by atoms with Crippen LogP contribution in [0.15, 0.2) is 84.0 Å². The monoisotopic (exact) mass is 478 g/mol. The number of rotatable bonds is 7. The van der Waals surface area contributed by atoms with Gasteiger partial charge in [0.15, 0.2) is 11.5 Å². The molecular weight excluding hydrogens is 459 g/mol. The third kappa shape index (κ3) is 5.64. The molecule has 166 valence electrons. The van der Waals surface area contributed by atoms with E-state index in [1.165, 1.54) is 13.3 Å². The minimum atomic E-state index is -0.307. The smallest absolute Gasteiger partial charge is 0.271 e. The topological polar surface area (TPSA) is 59.9 Å². The zero-order valence-corrected chi connectivity index (χ0v) is 19.2. The van der Waals surface area contributed by atoms with Crippen LogP contribution in [0.4, 0.5) is 0 Å². The summed E-state index contributed by atoms with van der Waals surface area (Å²) in [5.74, 6) is 0.572. The highest BCUT2D eigenvalue weighted by Gasteiger charge is 2.12. The van der Waals surface area contributed by atoms with Crippen molar-refractivity contribution in [3.8, 4) is 11.5 Å². The molecule has 0 radical (unpaired) electrons. The van der Waals surface area contributed by atoms with Gasteiger partial charge in [-0.15, -0.1) is 0 Å². The molecule has 4 rings (SSSR count). The molecule has 0 saturated heterocycles. The van der Waals surface area contributed by atoms with Gasteiger partial charge in [-0.3, -0.25) is 4.79 Å². The fraction of sp³-hybridized carbons (Fsp3) is 0.0769. The molecule has 0 heterocycles. The Labute approximate surface area is 201 Å². The van der Waals surface area contributed by atoms with Crippen molar-refractivity contribution < 1.29 is 14.3 Å². The van der Waals surface area contributed by atoms with Crippen molar-refractivity contribution in [1.82, 2.24) is 5.43 Å². The maximum Gasteiger partial charge on any atom is 0.271 e. The van der Waals surface area contributed by atoms with Gasteiger partial charge in [0.25, 0.3) is 5.91 Å². The number of benzene rings is 4. The Bertz CT molecular complexity index is 1320. The van der Waals surface area contributed by atoms with Crippen LogP contribution in [0, 0.1) is 0 Å². The molecule has 4 aromatic carbocycles. The molecular formula is C26H20Cl2N2O3. The minimum absolute atomic E-state index is 0.307. The Morgan fingerprint density at radius 1 is 0.970 bits per heavy atom. The number of nitrogens with zero attached hydrogens (tertiary/aromatic N) is 1. The number of fused-ring (bicyclic) bond motifs is 1. The molecule has 0 fully saturated rings. The third-order valence-electron chi connectivity index (χ3n) is 4.94. The first-order chi connectivity index (χ1) is 16.0. The molecule has 33 heavy (non-hydrogen) atoms. The van der Waals surface area contributed by atoms with Crippen LogP contribution in [0.25, 0.3) is 10.8 Å². The Balaban J connectivity index is 1.44. The Morgan fingerprint density at radius 2 is 1.73 bits per heavy atom. The summed E-state index contributed by atoms with van der Waals surface area (Å²) in [5, 5.41) is 7.13. The predicted molar refractivity (Wildman–Crippen MR) is 133 cm³/mol. The lowest BCUT2D eigenvalue weighted by atomic mass is 10.1. The van der Waals surface area contributed by atoms with Gasteiger partial charge >= 0.3 is 0 Å². The molecule has 5 nitrogen and oxygen atoms in total. The van der Waals surface area contributed by atoms with Gasteiger partial charge in [-0.2, -0.15) is 5.10 Å². The van der Waals surface area contributed by atoms with Crippen LogP contribution in [0.1, 0.15) is 21.5 Å². The second-order valence-corrected chi connectivity index (χ2v) is 8.05. The van der Waals surface area contributed by atoms with Crippen molar-refractivity contribution in [2.75, 3.05) is 7.11 Å². The van der Waals surface area contributed by atoms with E-state index in [1.807, 2.05) is 48.5 Å². The van der Waals surface area contributed by atoms with E-state index in [2.05, 4.69) is 10.5 Å². The minimum Gasteiger partial charge on any atom is -0.493 e. The van der Waals surface area contributed by atoms with Gasteiger partial charge in [0.2, 0.25) is 0 Å². The average Bonchev–Trinajstić information content (AvgIpc) is 2.83. The predicted octanol–water partition coefficient (Wildman–Crippen LogP) is 6.50. The van der Waals surface area contributed by atoms with Crippen LogP contribution in [-0.2, 0) is 6.61 Å². The van der Waals surface area contributed by atoms with Crippen LogP contribution in [0.2, 0.25) is 10.0 Å². The number of nitrogens with one attached hydrogen (secondary N) is 1. The van der Waals surface area contributed by atoms with E-state index in [0.29, 0.717) is 39.3 Å². The number of methoxy groups -OCH3 is 1. The van der Waals surface area contributed by atoms with E-state index < -0.39 is 0 Å². The van der Waals surface area contributed by atoms with E-state index in [-0.39, 0.29) is 5.91 Å². The van der Waals surface area contributed by atoms with Gasteiger partial charge in [-0.1, -0.05) is 65.7 Å². The van der Waals surface area contributed by atoms with Crippen molar-refractivity contribution in [3.63, 3.8) is 0 Å². The van der Waals surface area contributed by atoms with E-state index in [0.717, 1.165) is 16.3 Å². The molecule has 4 aromatic rings. The molecule has 0 spiro atoms.